The van der Waals surface area contributed by atoms with E-state index < -0.39 is 24.9 Å². The summed E-state index contributed by atoms with van der Waals surface area (Å²) in [5.41, 5.74) is 0.248. The van der Waals surface area contributed by atoms with E-state index in [1.807, 2.05) is 0 Å². The average Bonchev–Trinajstić information content (AvgIpc) is 2.21. The highest BCUT2D eigenvalue weighted by Gasteiger charge is 2.26. The topological polar surface area (TPSA) is 32.3 Å². The fourth-order valence-corrected chi connectivity index (χ4v) is 1.26. The van der Waals surface area contributed by atoms with Crippen molar-refractivity contribution in [2.45, 2.75) is 12.5 Å². The first-order valence-electron chi connectivity index (χ1n) is 4.58. The number of alkyl halides is 2. The van der Waals surface area contributed by atoms with E-state index in [2.05, 4.69) is 5.32 Å². The largest absolute Gasteiger partial charge is 0.390 e. The second-order valence-electron chi connectivity index (χ2n) is 3.35. The molecule has 0 spiro atoms. The van der Waals surface area contributed by atoms with E-state index in [4.69, 9.17) is 16.7 Å². The summed E-state index contributed by atoms with van der Waals surface area (Å²) in [4.78, 5) is 0. The second kappa shape index (κ2) is 5.52. The van der Waals surface area contributed by atoms with Crippen molar-refractivity contribution in [3.63, 3.8) is 0 Å². The molecule has 1 aromatic rings. The third kappa shape index (κ3) is 4.00. The van der Waals surface area contributed by atoms with Gasteiger partial charge < -0.3 is 10.4 Å². The van der Waals surface area contributed by atoms with Gasteiger partial charge in [-0.2, -0.15) is 0 Å². The number of hydrogen-bond donors (Lipinski definition) is 2. The molecule has 0 atom stereocenters. The molecule has 0 saturated heterocycles. The molecule has 0 aromatic heterocycles. The first kappa shape index (κ1) is 13.3. The lowest BCUT2D eigenvalue weighted by atomic mass is 10.2. The summed E-state index contributed by atoms with van der Waals surface area (Å²) in [7, 11) is 0. The Labute approximate surface area is 96.0 Å². The van der Waals surface area contributed by atoms with Crippen molar-refractivity contribution < 1.29 is 18.3 Å². The van der Waals surface area contributed by atoms with E-state index >= 15 is 0 Å². The number of halogens is 4. The van der Waals surface area contributed by atoms with Crippen LogP contribution in [0.1, 0.15) is 5.56 Å². The molecule has 0 bridgehead atoms. The number of hydrogen-bond acceptors (Lipinski definition) is 2. The monoisotopic (exact) mass is 253 g/mol. The molecule has 0 amide bonds. The highest BCUT2D eigenvalue weighted by Crippen LogP contribution is 2.15. The van der Waals surface area contributed by atoms with E-state index in [0.717, 1.165) is 6.07 Å². The highest BCUT2D eigenvalue weighted by atomic mass is 35.5. The molecule has 90 valence electrons. The molecule has 0 fully saturated rings. The highest BCUT2D eigenvalue weighted by molar-refractivity contribution is 6.30. The Kier molecular flexibility index (Phi) is 4.58. The van der Waals surface area contributed by atoms with Crippen molar-refractivity contribution in [2.75, 3.05) is 13.2 Å². The van der Waals surface area contributed by atoms with Gasteiger partial charge >= 0.3 is 0 Å². The molecule has 0 unspecified atom stereocenters. The number of benzene rings is 1. The summed E-state index contributed by atoms with van der Waals surface area (Å²) in [6.45, 7) is -1.98. The van der Waals surface area contributed by atoms with E-state index in [0.29, 0.717) is 0 Å². The molecule has 16 heavy (non-hydrogen) atoms. The van der Waals surface area contributed by atoms with Crippen molar-refractivity contribution in [2.24, 2.45) is 0 Å². The molecule has 0 aliphatic carbocycles. The predicted octanol–water partition coefficient (Wildman–Crippen LogP) is 2.20. The van der Waals surface area contributed by atoms with Crippen LogP contribution < -0.4 is 5.32 Å². The maximum Gasteiger partial charge on any atom is 0.282 e. The van der Waals surface area contributed by atoms with Crippen LogP contribution in [0.2, 0.25) is 5.02 Å². The molecule has 2 nitrogen and oxygen atoms in total. The van der Waals surface area contributed by atoms with Crippen LogP contribution in [0.3, 0.4) is 0 Å². The van der Waals surface area contributed by atoms with Gasteiger partial charge in [0.1, 0.15) is 12.4 Å². The Balaban J connectivity index is 2.49. The predicted molar refractivity (Wildman–Crippen MR) is 55.1 cm³/mol. The molecule has 0 aliphatic rings. The summed E-state index contributed by atoms with van der Waals surface area (Å²) in [5, 5.41) is 10.9. The van der Waals surface area contributed by atoms with Crippen LogP contribution >= 0.6 is 11.6 Å². The molecular formula is C10H11ClF3NO. The zero-order chi connectivity index (χ0) is 12.2. The number of nitrogens with one attached hydrogen (secondary N) is 1. The van der Waals surface area contributed by atoms with Gasteiger partial charge in [0.05, 0.1) is 6.54 Å². The van der Waals surface area contributed by atoms with Crippen LogP contribution in [0, 0.1) is 5.82 Å². The Bertz CT molecular complexity index is 360. The molecule has 0 radical (unpaired) electrons. The van der Waals surface area contributed by atoms with Crippen molar-refractivity contribution in [1.82, 2.24) is 5.32 Å². The van der Waals surface area contributed by atoms with E-state index in [-0.39, 0.29) is 17.1 Å². The van der Waals surface area contributed by atoms with Gasteiger partial charge in [0.15, 0.2) is 0 Å². The van der Waals surface area contributed by atoms with Crippen LogP contribution in [0.15, 0.2) is 18.2 Å². The summed E-state index contributed by atoms with van der Waals surface area (Å²) >= 11 is 5.53. The Hall–Kier alpha value is -0.780. The fraction of sp³-hybridized carbons (Fsp3) is 0.400. The lowest BCUT2D eigenvalue weighted by Crippen LogP contribution is -2.35. The lowest BCUT2D eigenvalue weighted by molar-refractivity contribution is -0.0478. The van der Waals surface area contributed by atoms with Crippen LogP contribution in [0.5, 0.6) is 0 Å². The zero-order valence-electron chi connectivity index (χ0n) is 8.31. The minimum Gasteiger partial charge on any atom is -0.390 e. The van der Waals surface area contributed by atoms with Gasteiger partial charge in [-0.05, 0) is 12.1 Å². The van der Waals surface area contributed by atoms with Crippen LogP contribution in [-0.2, 0) is 6.54 Å². The van der Waals surface area contributed by atoms with Gasteiger partial charge in [-0.15, -0.1) is 0 Å². The fourth-order valence-electron chi connectivity index (χ4n) is 1.10. The first-order chi connectivity index (χ1) is 7.44. The summed E-state index contributed by atoms with van der Waals surface area (Å²) < 4.78 is 38.4. The van der Waals surface area contributed by atoms with Crippen LogP contribution in [0.4, 0.5) is 13.2 Å². The van der Waals surface area contributed by atoms with Gasteiger partial charge in [-0.25, -0.2) is 13.2 Å². The average molecular weight is 254 g/mol. The minimum atomic E-state index is -3.19. The van der Waals surface area contributed by atoms with Crippen molar-refractivity contribution in [3.8, 4) is 0 Å². The van der Waals surface area contributed by atoms with Gasteiger partial charge in [0, 0.05) is 17.1 Å². The van der Waals surface area contributed by atoms with Gasteiger partial charge in [-0.3, -0.25) is 0 Å². The summed E-state index contributed by atoms with van der Waals surface area (Å²) in [6, 6.07) is 4.01. The third-order valence-electron chi connectivity index (χ3n) is 1.95. The number of aliphatic hydroxyl groups excluding tert-OH is 1. The van der Waals surface area contributed by atoms with Crippen LogP contribution in [0.25, 0.3) is 0 Å². The Morgan fingerprint density at radius 1 is 1.38 bits per heavy atom. The first-order valence-corrected chi connectivity index (χ1v) is 4.96. The molecule has 6 heteroatoms. The molecular weight excluding hydrogens is 243 g/mol. The SMILES string of the molecule is OCC(F)(F)CNCc1ccc(Cl)cc1F. The van der Waals surface area contributed by atoms with E-state index in [9.17, 15) is 13.2 Å². The van der Waals surface area contributed by atoms with Gasteiger partial charge in [-0.1, -0.05) is 17.7 Å². The van der Waals surface area contributed by atoms with Crippen molar-refractivity contribution >= 4 is 11.6 Å². The standard InChI is InChI=1S/C10H11ClF3NO/c11-8-2-1-7(9(12)3-8)4-15-5-10(13,14)6-16/h1-3,15-16H,4-6H2. The van der Waals surface area contributed by atoms with Crippen LogP contribution in [-0.4, -0.2) is 24.2 Å². The quantitative estimate of drug-likeness (QED) is 0.843. The Morgan fingerprint density at radius 2 is 2.06 bits per heavy atom. The number of rotatable bonds is 5. The maximum atomic E-state index is 13.2. The lowest BCUT2D eigenvalue weighted by Gasteiger charge is -2.14. The molecule has 0 heterocycles. The normalized spacial score (nSPS) is 11.8. The minimum absolute atomic E-state index is 0.0431. The molecule has 0 aliphatic heterocycles. The smallest absolute Gasteiger partial charge is 0.282 e. The number of aliphatic hydroxyl groups is 1. The van der Waals surface area contributed by atoms with E-state index in [1.54, 1.807) is 0 Å². The second-order valence-corrected chi connectivity index (χ2v) is 3.79. The van der Waals surface area contributed by atoms with Crippen molar-refractivity contribution in [1.29, 1.82) is 0 Å². The third-order valence-corrected chi connectivity index (χ3v) is 2.18. The molecule has 1 rings (SSSR count). The molecule has 0 saturated carbocycles. The van der Waals surface area contributed by atoms with Crippen molar-refractivity contribution in [3.05, 3.63) is 34.6 Å². The van der Waals surface area contributed by atoms with E-state index in [1.165, 1.54) is 12.1 Å². The maximum absolute atomic E-state index is 13.2. The summed E-state index contributed by atoms with van der Waals surface area (Å²) in [5.74, 6) is -3.74. The molecule has 2 N–H and O–H groups in total. The molecule has 1 aromatic carbocycles. The Morgan fingerprint density at radius 3 is 2.62 bits per heavy atom. The van der Waals surface area contributed by atoms with Gasteiger partial charge in [0.25, 0.3) is 5.92 Å². The summed E-state index contributed by atoms with van der Waals surface area (Å²) in [6.07, 6.45) is 0. The zero-order valence-corrected chi connectivity index (χ0v) is 9.07. The van der Waals surface area contributed by atoms with Gasteiger partial charge in [0.2, 0.25) is 0 Å².